The third kappa shape index (κ3) is 3.37. The molecule has 0 saturated carbocycles. The van der Waals surface area contributed by atoms with Crippen LogP contribution in [0.3, 0.4) is 0 Å². The third-order valence-corrected chi connectivity index (χ3v) is 8.41. The number of rotatable bonds is 4. The number of hydrogen-bond donors (Lipinski definition) is 0. The first-order valence-corrected chi connectivity index (χ1v) is 10.4. The maximum absolute atomic E-state index is 12.4. The van der Waals surface area contributed by atoms with Crippen LogP contribution in [0.5, 0.6) is 0 Å². The highest BCUT2D eigenvalue weighted by atomic mass is 79.9. The van der Waals surface area contributed by atoms with Crippen LogP contribution in [0.25, 0.3) is 0 Å². The number of sulfone groups is 1. The lowest BCUT2D eigenvalue weighted by Crippen LogP contribution is -2.38. The summed E-state index contributed by atoms with van der Waals surface area (Å²) in [6, 6.07) is 8.51. The maximum atomic E-state index is 12.4. The average Bonchev–Trinajstić information content (AvgIpc) is 2.44. The third-order valence-electron chi connectivity index (χ3n) is 4.73. The fraction of sp³-hybridized carbons (Fsp3) is 0.647. The Hall–Kier alpha value is -0.350. The van der Waals surface area contributed by atoms with Crippen LogP contribution in [0.15, 0.2) is 24.3 Å². The molecule has 1 aliphatic carbocycles. The molecule has 0 spiro atoms. The lowest BCUT2D eigenvalue weighted by atomic mass is 9.70. The van der Waals surface area contributed by atoms with Crippen LogP contribution < -0.4 is 0 Å². The summed E-state index contributed by atoms with van der Waals surface area (Å²) in [6.45, 7) is 5.37. The highest BCUT2D eigenvalue weighted by molar-refractivity contribution is 9.09. The van der Waals surface area contributed by atoms with Crippen molar-refractivity contribution in [3.05, 3.63) is 35.4 Å². The molecule has 0 amide bonds. The molecule has 0 radical (unpaired) electrons. The zero-order chi connectivity index (χ0) is 15.7. The molecule has 118 valence electrons. The Labute approximate surface area is 137 Å². The van der Waals surface area contributed by atoms with E-state index in [1.807, 2.05) is 0 Å². The molecule has 1 aromatic carbocycles. The van der Waals surface area contributed by atoms with Gasteiger partial charge < -0.3 is 0 Å². The van der Waals surface area contributed by atoms with Gasteiger partial charge in [-0.25, -0.2) is 8.42 Å². The molecule has 2 rings (SSSR count). The van der Waals surface area contributed by atoms with E-state index in [0.29, 0.717) is 6.42 Å². The van der Waals surface area contributed by atoms with Crippen molar-refractivity contribution in [1.29, 1.82) is 0 Å². The van der Waals surface area contributed by atoms with Crippen molar-refractivity contribution in [3.8, 4) is 0 Å². The quantitative estimate of drug-likeness (QED) is 0.739. The SMILES string of the molecule is CC(C)(C)S(=O)(=O)CCC1(CBr)CCCc2ccccc21. The Morgan fingerprint density at radius 3 is 2.52 bits per heavy atom. The molecule has 1 unspecified atom stereocenters. The molecule has 0 heterocycles. The minimum atomic E-state index is -3.07. The van der Waals surface area contributed by atoms with Crippen molar-refractivity contribution in [2.75, 3.05) is 11.1 Å². The second-order valence-electron chi connectivity index (χ2n) is 7.11. The molecule has 0 saturated heterocycles. The molecule has 0 aliphatic heterocycles. The van der Waals surface area contributed by atoms with Gasteiger partial charge in [-0.05, 0) is 57.6 Å². The summed E-state index contributed by atoms with van der Waals surface area (Å²) in [5.41, 5.74) is 2.70. The molecule has 4 heteroatoms. The van der Waals surface area contributed by atoms with Gasteiger partial charge in [0.1, 0.15) is 0 Å². The Morgan fingerprint density at radius 2 is 1.90 bits per heavy atom. The first-order chi connectivity index (χ1) is 9.72. The second-order valence-corrected chi connectivity index (χ2v) is 10.5. The zero-order valence-electron chi connectivity index (χ0n) is 13.2. The maximum Gasteiger partial charge on any atom is 0.155 e. The predicted octanol–water partition coefficient (Wildman–Crippen LogP) is 4.26. The Bertz CT molecular complexity index is 601. The Kier molecular flexibility index (Phi) is 4.89. The fourth-order valence-electron chi connectivity index (χ4n) is 3.11. The molecule has 0 fully saturated rings. The molecule has 2 nitrogen and oxygen atoms in total. The first-order valence-electron chi connectivity index (χ1n) is 7.58. The molecule has 21 heavy (non-hydrogen) atoms. The molecular formula is C17H25BrO2S. The summed E-state index contributed by atoms with van der Waals surface area (Å²) in [7, 11) is -3.07. The lowest BCUT2D eigenvalue weighted by molar-refractivity contribution is 0.390. The number of benzene rings is 1. The number of fused-ring (bicyclic) bond motifs is 1. The molecule has 1 aromatic rings. The van der Waals surface area contributed by atoms with Crippen LogP contribution in [0.4, 0.5) is 0 Å². The summed E-state index contributed by atoms with van der Waals surface area (Å²) in [4.78, 5) is 0. The number of alkyl halides is 1. The molecule has 1 aliphatic rings. The largest absolute Gasteiger partial charge is 0.228 e. The number of halogens is 1. The summed E-state index contributed by atoms with van der Waals surface area (Å²) in [5, 5.41) is 0.830. The van der Waals surface area contributed by atoms with Crippen molar-refractivity contribution in [2.24, 2.45) is 0 Å². The van der Waals surface area contributed by atoms with Gasteiger partial charge in [-0.3, -0.25) is 0 Å². The highest BCUT2D eigenvalue weighted by Gasteiger charge is 2.38. The van der Waals surface area contributed by atoms with Crippen LogP contribution in [-0.4, -0.2) is 24.2 Å². The average molecular weight is 373 g/mol. The monoisotopic (exact) mass is 372 g/mol. The van der Waals surface area contributed by atoms with E-state index in [1.54, 1.807) is 20.8 Å². The van der Waals surface area contributed by atoms with Gasteiger partial charge in [0.05, 0.1) is 10.5 Å². The number of hydrogen-bond acceptors (Lipinski definition) is 2. The van der Waals surface area contributed by atoms with Crippen LogP contribution in [-0.2, 0) is 21.7 Å². The number of aryl methyl sites for hydroxylation is 1. The van der Waals surface area contributed by atoms with Gasteiger partial charge in [0.2, 0.25) is 0 Å². The van der Waals surface area contributed by atoms with Crippen LogP contribution >= 0.6 is 15.9 Å². The molecule has 0 aromatic heterocycles. The summed E-state index contributed by atoms with van der Waals surface area (Å²) >= 11 is 3.66. The minimum Gasteiger partial charge on any atom is -0.228 e. The van der Waals surface area contributed by atoms with E-state index in [4.69, 9.17) is 0 Å². The summed E-state index contributed by atoms with van der Waals surface area (Å²) < 4.78 is 24.2. The highest BCUT2D eigenvalue weighted by Crippen LogP contribution is 2.42. The molecular weight excluding hydrogens is 348 g/mol. The summed E-state index contributed by atoms with van der Waals surface area (Å²) in [6.07, 6.45) is 4.01. The minimum absolute atomic E-state index is 0.0346. The first kappa shape index (κ1) is 17.0. The lowest BCUT2D eigenvalue weighted by Gasteiger charge is -2.38. The van der Waals surface area contributed by atoms with E-state index in [0.717, 1.165) is 24.6 Å². The van der Waals surface area contributed by atoms with Gasteiger partial charge in [-0.15, -0.1) is 0 Å². The Morgan fingerprint density at radius 1 is 1.24 bits per heavy atom. The van der Waals surface area contributed by atoms with Gasteiger partial charge >= 0.3 is 0 Å². The van der Waals surface area contributed by atoms with Crippen molar-refractivity contribution >= 4 is 25.8 Å². The van der Waals surface area contributed by atoms with Crippen molar-refractivity contribution in [3.63, 3.8) is 0 Å². The zero-order valence-corrected chi connectivity index (χ0v) is 15.6. The van der Waals surface area contributed by atoms with E-state index in [1.165, 1.54) is 11.1 Å². The van der Waals surface area contributed by atoms with E-state index >= 15 is 0 Å². The molecule has 0 bridgehead atoms. The van der Waals surface area contributed by atoms with Gasteiger partial charge in [0.15, 0.2) is 9.84 Å². The van der Waals surface area contributed by atoms with Crippen molar-refractivity contribution in [1.82, 2.24) is 0 Å². The van der Waals surface area contributed by atoms with Gasteiger partial charge in [-0.1, -0.05) is 40.2 Å². The predicted molar refractivity (Wildman–Crippen MR) is 93.0 cm³/mol. The van der Waals surface area contributed by atoms with Gasteiger partial charge in [0, 0.05) is 10.7 Å². The van der Waals surface area contributed by atoms with Crippen molar-refractivity contribution < 1.29 is 8.42 Å². The van der Waals surface area contributed by atoms with Crippen LogP contribution in [0, 0.1) is 0 Å². The molecule has 0 N–H and O–H groups in total. The smallest absolute Gasteiger partial charge is 0.155 e. The van der Waals surface area contributed by atoms with E-state index in [2.05, 4.69) is 40.2 Å². The summed E-state index contributed by atoms with van der Waals surface area (Å²) in [5.74, 6) is 0.260. The van der Waals surface area contributed by atoms with Crippen LogP contribution in [0.1, 0.15) is 51.2 Å². The topological polar surface area (TPSA) is 34.1 Å². The normalized spacial score (nSPS) is 22.9. The fourth-order valence-corrected chi connectivity index (χ4v) is 5.24. The van der Waals surface area contributed by atoms with Gasteiger partial charge in [-0.2, -0.15) is 0 Å². The second kappa shape index (κ2) is 6.04. The standard InChI is InChI=1S/C17H25BrO2S/c1-16(2,3)21(19,20)12-11-17(13-18)10-6-8-14-7-4-5-9-15(14)17/h4-5,7,9H,6,8,10-13H2,1-3H3. The van der Waals surface area contributed by atoms with Crippen molar-refractivity contribution in [2.45, 2.75) is 56.6 Å². The molecule has 1 atom stereocenters. The van der Waals surface area contributed by atoms with Crippen LogP contribution in [0.2, 0.25) is 0 Å². The van der Waals surface area contributed by atoms with Gasteiger partial charge in [0.25, 0.3) is 0 Å². The van der Waals surface area contributed by atoms with E-state index < -0.39 is 14.6 Å². The van der Waals surface area contributed by atoms with E-state index in [9.17, 15) is 8.42 Å². The Balaban J connectivity index is 2.29. The van der Waals surface area contributed by atoms with E-state index in [-0.39, 0.29) is 11.2 Å².